The summed E-state index contributed by atoms with van der Waals surface area (Å²) in [6.07, 6.45) is 9.75. The molecule has 1 aromatic rings. The molecule has 0 radical (unpaired) electrons. The van der Waals surface area contributed by atoms with E-state index in [1.807, 2.05) is 16.4 Å². The van der Waals surface area contributed by atoms with E-state index in [1.54, 1.807) is 0 Å². The lowest BCUT2D eigenvalue weighted by Gasteiger charge is -2.30. The second-order valence-electron chi connectivity index (χ2n) is 5.43. The third-order valence-electron chi connectivity index (χ3n) is 3.74. The third kappa shape index (κ3) is 3.51. The van der Waals surface area contributed by atoms with E-state index >= 15 is 0 Å². The Morgan fingerprint density at radius 1 is 1.44 bits per heavy atom. The van der Waals surface area contributed by atoms with Crippen molar-refractivity contribution in [1.29, 1.82) is 0 Å². The van der Waals surface area contributed by atoms with Crippen LogP contribution in [-0.2, 0) is 6.54 Å². The Hall–Kier alpha value is -0.480. The summed E-state index contributed by atoms with van der Waals surface area (Å²) >= 11 is 2.01. The maximum absolute atomic E-state index is 4.59. The Labute approximate surface area is 115 Å². The van der Waals surface area contributed by atoms with Gasteiger partial charge in [-0.1, -0.05) is 12.8 Å². The Morgan fingerprint density at radius 2 is 2.22 bits per heavy atom. The molecule has 0 bridgehead atoms. The third-order valence-corrected chi connectivity index (χ3v) is 4.91. The van der Waals surface area contributed by atoms with Crippen molar-refractivity contribution in [2.75, 3.05) is 6.26 Å². The van der Waals surface area contributed by atoms with Crippen molar-refractivity contribution in [1.82, 2.24) is 15.1 Å². The second-order valence-corrected chi connectivity index (χ2v) is 6.50. The highest BCUT2D eigenvalue weighted by atomic mass is 32.2. The highest BCUT2D eigenvalue weighted by Crippen LogP contribution is 2.27. The molecule has 0 spiro atoms. The van der Waals surface area contributed by atoms with Crippen LogP contribution >= 0.6 is 11.8 Å². The summed E-state index contributed by atoms with van der Waals surface area (Å²) in [6.45, 7) is 5.23. The topological polar surface area (TPSA) is 29.9 Å². The summed E-state index contributed by atoms with van der Waals surface area (Å²) < 4.78 is 2.03. The first-order valence-electron chi connectivity index (χ1n) is 7.01. The predicted molar refractivity (Wildman–Crippen MR) is 79.0 cm³/mol. The van der Waals surface area contributed by atoms with Crippen LogP contribution in [0.25, 0.3) is 0 Å². The van der Waals surface area contributed by atoms with Gasteiger partial charge in [0.05, 0.1) is 5.69 Å². The minimum atomic E-state index is 0.451. The average molecular weight is 267 g/mol. The Balaban J connectivity index is 1.85. The lowest BCUT2D eigenvalue weighted by molar-refractivity contribution is 0.380. The van der Waals surface area contributed by atoms with Crippen molar-refractivity contribution in [2.45, 2.75) is 63.4 Å². The van der Waals surface area contributed by atoms with E-state index < -0.39 is 0 Å². The molecule has 1 saturated carbocycles. The fourth-order valence-corrected chi connectivity index (χ4v) is 3.57. The van der Waals surface area contributed by atoms with Crippen molar-refractivity contribution < 1.29 is 0 Å². The maximum Gasteiger partial charge on any atom is 0.0762 e. The first-order chi connectivity index (χ1) is 8.70. The molecule has 2 atom stereocenters. The van der Waals surface area contributed by atoms with Crippen LogP contribution < -0.4 is 5.32 Å². The summed E-state index contributed by atoms with van der Waals surface area (Å²) in [6, 6.07) is 3.24. The highest BCUT2D eigenvalue weighted by Gasteiger charge is 2.23. The van der Waals surface area contributed by atoms with Crippen LogP contribution in [-0.4, -0.2) is 27.3 Å². The molecule has 2 rings (SSSR count). The van der Waals surface area contributed by atoms with Gasteiger partial charge < -0.3 is 5.32 Å². The molecule has 0 saturated heterocycles. The molecular weight excluding hydrogens is 242 g/mol. The van der Waals surface area contributed by atoms with Gasteiger partial charge >= 0.3 is 0 Å². The van der Waals surface area contributed by atoms with Crippen molar-refractivity contribution in [2.24, 2.45) is 0 Å². The first kappa shape index (κ1) is 13.9. The molecule has 102 valence electrons. The maximum atomic E-state index is 4.59. The van der Waals surface area contributed by atoms with Gasteiger partial charge in [0.1, 0.15) is 0 Å². The molecule has 3 nitrogen and oxygen atoms in total. The van der Waals surface area contributed by atoms with E-state index in [0.717, 1.165) is 17.5 Å². The first-order valence-corrected chi connectivity index (χ1v) is 8.29. The van der Waals surface area contributed by atoms with Crippen molar-refractivity contribution in [3.8, 4) is 0 Å². The van der Waals surface area contributed by atoms with Gasteiger partial charge in [-0.15, -0.1) is 0 Å². The zero-order valence-electron chi connectivity index (χ0n) is 11.7. The second kappa shape index (κ2) is 6.62. The van der Waals surface area contributed by atoms with Gasteiger partial charge in [-0.25, -0.2) is 0 Å². The monoisotopic (exact) mass is 267 g/mol. The Morgan fingerprint density at radius 3 is 2.89 bits per heavy atom. The molecule has 4 heteroatoms. The van der Waals surface area contributed by atoms with Crippen LogP contribution in [0, 0.1) is 0 Å². The van der Waals surface area contributed by atoms with E-state index in [-0.39, 0.29) is 0 Å². The van der Waals surface area contributed by atoms with Gasteiger partial charge in [-0.05, 0) is 39.0 Å². The van der Waals surface area contributed by atoms with Gasteiger partial charge in [0.15, 0.2) is 0 Å². The van der Waals surface area contributed by atoms with Crippen LogP contribution in [0.1, 0.15) is 51.3 Å². The number of thioether (sulfide) groups is 1. The standard InChI is InChI=1S/C14H25N3S/c1-11(2)17-9-8-12(16-17)10-15-13-6-4-5-7-14(13)18-3/h8-9,11,13-15H,4-7,10H2,1-3H3. The lowest BCUT2D eigenvalue weighted by Crippen LogP contribution is -2.40. The summed E-state index contributed by atoms with van der Waals surface area (Å²) in [5.74, 6) is 0. The van der Waals surface area contributed by atoms with Crippen LogP contribution in [0.2, 0.25) is 0 Å². The predicted octanol–water partition coefficient (Wildman–Crippen LogP) is 3.23. The number of hydrogen-bond acceptors (Lipinski definition) is 3. The summed E-state index contributed by atoms with van der Waals surface area (Å²) in [5, 5.41) is 9.07. The van der Waals surface area contributed by atoms with Crippen molar-refractivity contribution in [3.05, 3.63) is 18.0 Å². The number of hydrogen-bond donors (Lipinski definition) is 1. The zero-order chi connectivity index (χ0) is 13.0. The van der Waals surface area contributed by atoms with Gasteiger partial charge in [0.2, 0.25) is 0 Å². The highest BCUT2D eigenvalue weighted by molar-refractivity contribution is 7.99. The summed E-state index contributed by atoms with van der Waals surface area (Å²) in [4.78, 5) is 0. The molecule has 0 aromatic carbocycles. The number of aromatic nitrogens is 2. The molecule has 1 aromatic heterocycles. The van der Waals surface area contributed by atoms with E-state index in [0.29, 0.717) is 12.1 Å². The van der Waals surface area contributed by atoms with Crippen LogP contribution in [0.15, 0.2) is 12.3 Å². The van der Waals surface area contributed by atoms with E-state index in [9.17, 15) is 0 Å². The van der Waals surface area contributed by atoms with Crippen LogP contribution in [0.3, 0.4) is 0 Å². The molecule has 1 heterocycles. The number of nitrogens with one attached hydrogen (secondary N) is 1. The number of rotatable bonds is 5. The van der Waals surface area contributed by atoms with Gasteiger partial charge in [0.25, 0.3) is 0 Å². The fraction of sp³-hybridized carbons (Fsp3) is 0.786. The molecule has 0 aliphatic heterocycles. The number of nitrogens with zero attached hydrogens (tertiary/aromatic N) is 2. The average Bonchev–Trinajstić information content (AvgIpc) is 2.85. The van der Waals surface area contributed by atoms with Crippen molar-refractivity contribution in [3.63, 3.8) is 0 Å². The summed E-state index contributed by atoms with van der Waals surface area (Å²) in [5.41, 5.74) is 1.16. The minimum Gasteiger partial charge on any atom is -0.307 e. The molecule has 0 amide bonds. The molecule has 1 aliphatic carbocycles. The van der Waals surface area contributed by atoms with E-state index in [1.165, 1.54) is 25.7 Å². The quantitative estimate of drug-likeness (QED) is 0.888. The Bertz CT molecular complexity index is 362. The van der Waals surface area contributed by atoms with Crippen LogP contribution in [0.5, 0.6) is 0 Å². The van der Waals surface area contributed by atoms with E-state index in [2.05, 4.69) is 42.8 Å². The summed E-state index contributed by atoms with van der Waals surface area (Å²) in [7, 11) is 0. The Kier molecular flexibility index (Phi) is 5.13. The smallest absolute Gasteiger partial charge is 0.0762 e. The molecule has 18 heavy (non-hydrogen) atoms. The van der Waals surface area contributed by atoms with E-state index in [4.69, 9.17) is 0 Å². The van der Waals surface area contributed by atoms with Gasteiger partial charge in [0, 0.05) is 30.1 Å². The minimum absolute atomic E-state index is 0.451. The van der Waals surface area contributed by atoms with Gasteiger partial charge in [-0.3, -0.25) is 4.68 Å². The molecule has 1 aliphatic rings. The van der Waals surface area contributed by atoms with Gasteiger partial charge in [-0.2, -0.15) is 16.9 Å². The van der Waals surface area contributed by atoms with Crippen LogP contribution in [0.4, 0.5) is 0 Å². The van der Waals surface area contributed by atoms with Crippen molar-refractivity contribution >= 4 is 11.8 Å². The zero-order valence-corrected chi connectivity index (χ0v) is 12.5. The fourth-order valence-electron chi connectivity index (χ4n) is 2.61. The molecule has 1 fully saturated rings. The largest absolute Gasteiger partial charge is 0.307 e. The molecule has 2 unspecified atom stereocenters. The lowest BCUT2D eigenvalue weighted by atomic mass is 9.95. The normalized spacial score (nSPS) is 24.7. The molecular formula is C14H25N3S. The SMILES string of the molecule is CSC1CCCCC1NCc1ccn(C(C)C)n1. The molecule has 1 N–H and O–H groups in total.